The Bertz CT molecular complexity index is 333. The first-order valence-electron chi connectivity index (χ1n) is 6.31. The van der Waals surface area contributed by atoms with Crippen molar-refractivity contribution in [1.82, 2.24) is 4.90 Å². The summed E-state index contributed by atoms with van der Waals surface area (Å²) in [7, 11) is 0. The third-order valence-electron chi connectivity index (χ3n) is 3.60. The lowest BCUT2D eigenvalue weighted by molar-refractivity contribution is -0.0257. The molecular weight excluding hydrogens is 234 g/mol. The first-order valence-corrected chi connectivity index (χ1v) is 6.84. The van der Waals surface area contributed by atoms with Crippen molar-refractivity contribution in [3.8, 4) is 0 Å². The van der Waals surface area contributed by atoms with Crippen LogP contribution in [0.3, 0.4) is 0 Å². The van der Waals surface area contributed by atoms with Crippen LogP contribution in [0.2, 0.25) is 0 Å². The van der Waals surface area contributed by atoms with Gasteiger partial charge in [-0.15, -0.1) is 11.6 Å². The van der Waals surface area contributed by atoms with Gasteiger partial charge >= 0.3 is 0 Å². The van der Waals surface area contributed by atoms with Crippen molar-refractivity contribution in [3.63, 3.8) is 0 Å². The molecule has 0 amide bonds. The van der Waals surface area contributed by atoms with Gasteiger partial charge in [0.2, 0.25) is 0 Å². The molecule has 94 valence electrons. The molecule has 0 atom stereocenters. The zero-order valence-corrected chi connectivity index (χ0v) is 10.9. The van der Waals surface area contributed by atoms with Gasteiger partial charge < -0.3 is 10.0 Å². The highest BCUT2D eigenvalue weighted by molar-refractivity contribution is 6.17. The van der Waals surface area contributed by atoms with Gasteiger partial charge in [0.15, 0.2) is 0 Å². The van der Waals surface area contributed by atoms with Crippen molar-refractivity contribution in [2.24, 2.45) is 0 Å². The number of likely N-dealkylation sites (tertiary alicyclic amines) is 1. The van der Waals surface area contributed by atoms with Crippen molar-refractivity contribution in [2.75, 3.05) is 25.5 Å². The molecule has 0 saturated carbocycles. The van der Waals surface area contributed by atoms with Crippen molar-refractivity contribution >= 4 is 11.6 Å². The van der Waals surface area contributed by atoms with Gasteiger partial charge in [-0.3, -0.25) is 0 Å². The number of halogens is 1. The first-order chi connectivity index (χ1) is 8.24. The molecule has 2 rings (SSSR count). The summed E-state index contributed by atoms with van der Waals surface area (Å²) in [5.41, 5.74) is 0.427. The summed E-state index contributed by atoms with van der Waals surface area (Å²) < 4.78 is 0. The van der Waals surface area contributed by atoms with Crippen LogP contribution in [0, 0.1) is 0 Å². The van der Waals surface area contributed by atoms with Crippen LogP contribution in [0.1, 0.15) is 24.8 Å². The number of aliphatic hydroxyl groups is 1. The van der Waals surface area contributed by atoms with Gasteiger partial charge in [-0.05, 0) is 31.4 Å². The van der Waals surface area contributed by atoms with Gasteiger partial charge in [-0.1, -0.05) is 30.3 Å². The molecule has 1 aromatic rings. The molecule has 1 heterocycles. The second kappa shape index (κ2) is 5.85. The van der Waals surface area contributed by atoms with Gasteiger partial charge in [-0.25, -0.2) is 0 Å². The SMILES string of the molecule is OC1(c2ccccc2)CCN(CCCCl)CC1. The summed E-state index contributed by atoms with van der Waals surface area (Å²) in [6.45, 7) is 2.97. The Hall–Kier alpha value is -0.570. The van der Waals surface area contributed by atoms with Gasteiger partial charge in [0.1, 0.15) is 0 Å². The summed E-state index contributed by atoms with van der Waals surface area (Å²) in [6.07, 6.45) is 2.67. The van der Waals surface area contributed by atoms with E-state index in [-0.39, 0.29) is 0 Å². The summed E-state index contributed by atoms with van der Waals surface area (Å²) in [6, 6.07) is 10.0. The topological polar surface area (TPSA) is 23.5 Å². The Balaban J connectivity index is 1.93. The average molecular weight is 254 g/mol. The fraction of sp³-hybridized carbons (Fsp3) is 0.571. The standard InChI is InChI=1S/C14H20ClNO/c15-9-4-10-16-11-7-14(17,8-12-16)13-5-2-1-3-6-13/h1-3,5-6,17H,4,7-12H2. The zero-order valence-electron chi connectivity index (χ0n) is 10.1. The predicted octanol–water partition coefficient (Wildman–Crippen LogP) is 2.60. The van der Waals surface area contributed by atoms with Crippen LogP contribution in [0.5, 0.6) is 0 Å². The summed E-state index contributed by atoms with van der Waals surface area (Å²) in [5, 5.41) is 10.6. The van der Waals surface area contributed by atoms with Crippen molar-refractivity contribution in [2.45, 2.75) is 24.9 Å². The van der Waals surface area contributed by atoms with Crippen molar-refractivity contribution in [1.29, 1.82) is 0 Å². The Morgan fingerprint density at radius 3 is 2.41 bits per heavy atom. The number of nitrogens with zero attached hydrogens (tertiary/aromatic N) is 1. The molecule has 1 saturated heterocycles. The lowest BCUT2D eigenvalue weighted by Gasteiger charge is -2.38. The Labute approximate surface area is 108 Å². The van der Waals surface area contributed by atoms with E-state index in [2.05, 4.69) is 4.90 Å². The van der Waals surface area contributed by atoms with Crippen molar-refractivity contribution < 1.29 is 5.11 Å². The zero-order chi connectivity index (χ0) is 12.1. The van der Waals surface area contributed by atoms with E-state index in [0.717, 1.165) is 50.3 Å². The van der Waals surface area contributed by atoms with Crippen LogP contribution in [0.4, 0.5) is 0 Å². The Morgan fingerprint density at radius 1 is 1.18 bits per heavy atom. The van der Waals surface area contributed by atoms with Gasteiger partial charge in [0.25, 0.3) is 0 Å². The maximum Gasteiger partial charge on any atom is 0.0920 e. The minimum absolute atomic E-state index is 0.626. The number of hydrogen-bond acceptors (Lipinski definition) is 2. The third-order valence-corrected chi connectivity index (χ3v) is 3.87. The normalized spacial score (nSPS) is 20.4. The number of rotatable bonds is 4. The van der Waals surface area contributed by atoms with Crippen LogP contribution >= 0.6 is 11.6 Å². The number of alkyl halides is 1. The molecule has 3 heteroatoms. The molecule has 0 aliphatic carbocycles. The quantitative estimate of drug-likeness (QED) is 0.834. The summed E-state index contributed by atoms with van der Waals surface area (Å²) >= 11 is 5.70. The minimum Gasteiger partial charge on any atom is -0.385 e. The molecule has 1 aliphatic heterocycles. The maximum absolute atomic E-state index is 10.6. The molecule has 0 aromatic heterocycles. The monoisotopic (exact) mass is 253 g/mol. The van der Waals surface area contributed by atoms with E-state index in [4.69, 9.17) is 11.6 Å². The summed E-state index contributed by atoms with van der Waals surface area (Å²) in [5.74, 6) is 0.722. The average Bonchev–Trinajstić information content (AvgIpc) is 2.39. The fourth-order valence-corrected chi connectivity index (χ4v) is 2.59. The fourth-order valence-electron chi connectivity index (χ4n) is 2.47. The van der Waals surface area contributed by atoms with Crippen LogP contribution < -0.4 is 0 Å². The van der Waals surface area contributed by atoms with E-state index in [1.54, 1.807) is 0 Å². The lowest BCUT2D eigenvalue weighted by atomic mass is 9.84. The molecule has 17 heavy (non-hydrogen) atoms. The van der Waals surface area contributed by atoms with E-state index in [9.17, 15) is 5.11 Å². The molecule has 0 radical (unpaired) electrons. The van der Waals surface area contributed by atoms with Crippen LogP contribution in [-0.2, 0) is 5.60 Å². The van der Waals surface area contributed by atoms with E-state index in [1.807, 2.05) is 30.3 Å². The second-order valence-electron chi connectivity index (χ2n) is 4.78. The van der Waals surface area contributed by atoms with Gasteiger partial charge in [0, 0.05) is 19.0 Å². The molecule has 1 aliphatic rings. The highest BCUT2D eigenvalue weighted by Gasteiger charge is 2.33. The molecule has 2 nitrogen and oxygen atoms in total. The second-order valence-corrected chi connectivity index (χ2v) is 5.16. The lowest BCUT2D eigenvalue weighted by Crippen LogP contribution is -2.42. The van der Waals surface area contributed by atoms with Gasteiger partial charge in [0.05, 0.1) is 5.60 Å². The molecule has 1 aromatic carbocycles. The van der Waals surface area contributed by atoms with Crippen molar-refractivity contribution in [3.05, 3.63) is 35.9 Å². The summed E-state index contributed by atoms with van der Waals surface area (Å²) in [4.78, 5) is 2.39. The van der Waals surface area contributed by atoms with Crippen LogP contribution in [-0.4, -0.2) is 35.5 Å². The number of piperidine rings is 1. The molecule has 0 unspecified atom stereocenters. The van der Waals surface area contributed by atoms with E-state index in [0.29, 0.717) is 0 Å². The van der Waals surface area contributed by atoms with E-state index < -0.39 is 5.60 Å². The third kappa shape index (κ3) is 3.21. The first kappa shape index (κ1) is 12.9. The van der Waals surface area contributed by atoms with Crippen LogP contribution in [0.25, 0.3) is 0 Å². The Kier molecular flexibility index (Phi) is 4.43. The number of hydrogen-bond donors (Lipinski definition) is 1. The maximum atomic E-state index is 10.6. The van der Waals surface area contributed by atoms with E-state index in [1.165, 1.54) is 0 Å². The highest BCUT2D eigenvalue weighted by atomic mass is 35.5. The highest BCUT2D eigenvalue weighted by Crippen LogP contribution is 2.32. The predicted molar refractivity (Wildman–Crippen MR) is 71.3 cm³/mol. The van der Waals surface area contributed by atoms with E-state index >= 15 is 0 Å². The minimum atomic E-state index is -0.626. The smallest absolute Gasteiger partial charge is 0.0920 e. The molecule has 1 fully saturated rings. The molecule has 0 spiro atoms. The molecule has 0 bridgehead atoms. The largest absolute Gasteiger partial charge is 0.385 e. The molecule has 1 N–H and O–H groups in total. The Morgan fingerprint density at radius 2 is 1.82 bits per heavy atom. The van der Waals surface area contributed by atoms with Crippen LogP contribution in [0.15, 0.2) is 30.3 Å². The number of benzene rings is 1. The molecular formula is C14H20ClNO. The van der Waals surface area contributed by atoms with Gasteiger partial charge in [-0.2, -0.15) is 0 Å².